The van der Waals surface area contributed by atoms with Crippen molar-refractivity contribution in [3.05, 3.63) is 33.8 Å². The van der Waals surface area contributed by atoms with Crippen LogP contribution in [0.3, 0.4) is 0 Å². The van der Waals surface area contributed by atoms with E-state index in [1.54, 1.807) is 30.3 Å². The second-order valence-electron chi connectivity index (χ2n) is 3.22. The van der Waals surface area contributed by atoms with Gasteiger partial charge in [-0.3, -0.25) is 4.79 Å². The van der Waals surface area contributed by atoms with Crippen LogP contribution in [0.1, 0.15) is 5.56 Å². The van der Waals surface area contributed by atoms with Crippen molar-refractivity contribution in [1.29, 1.82) is 10.5 Å². The molecule has 0 aliphatic carbocycles. The van der Waals surface area contributed by atoms with Crippen LogP contribution in [0.5, 0.6) is 5.75 Å². The molecule has 1 aromatic rings. The van der Waals surface area contributed by atoms with Crippen molar-refractivity contribution in [3.63, 3.8) is 0 Å². The number of allylic oxidation sites excluding steroid dienone is 1. The SMILES string of the molecule is N#CC(C#N)=Cc1cc(Br)ccc1OCC(N)=O. The Morgan fingerprint density at radius 1 is 1.44 bits per heavy atom. The molecule has 90 valence electrons. The van der Waals surface area contributed by atoms with Crippen LogP contribution in [0.4, 0.5) is 0 Å². The molecule has 1 amide bonds. The first-order valence-corrected chi connectivity index (χ1v) is 5.58. The number of hydrogen-bond donors (Lipinski definition) is 1. The number of benzene rings is 1. The quantitative estimate of drug-likeness (QED) is 0.856. The van der Waals surface area contributed by atoms with Gasteiger partial charge in [0, 0.05) is 10.0 Å². The number of nitrogens with zero attached hydrogens (tertiary/aromatic N) is 2. The molecule has 0 aliphatic rings. The van der Waals surface area contributed by atoms with Gasteiger partial charge in [0.05, 0.1) is 0 Å². The van der Waals surface area contributed by atoms with E-state index < -0.39 is 5.91 Å². The third kappa shape index (κ3) is 3.93. The van der Waals surface area contributed by atoms with E-state index in [1.165, 1.54) is 6.08 Å². The summed E-state index contributed by atoms with van der Waals surface area (Å²) in [5.41, 5.74) is 5.44. The summed E-state index contributed by atoms with van der Waals surface area (Å²) < 4.78 is 5.94. The van der Waals surface area contributed by atoms with Gasteiger partial charge in [-0.25, -0.2) is 0 Å². The molecule has 0 spiro atoms. The molecule has 0 saturated carbocycles. The lowest BCUT2D eigenvalue weighted by Crippen LogP contribution is -2.20. The first-order valence-electron chi connectivity index (χ1n) is 4.79. The zero-order valence-electron chi connectivity index (χ0n) is 9.18. The zero-order valence-corrected chi connectivity index (χ0v) is 10.8. The fourth-order valence-corrected chi connectivity index (χ4v) is 1.54. The molecule has 0 aromatic heterocycles. The van der Waals surface area contributed by atoms with Gasteiger partial charge in [0.25, 0.3) is 5.91 Å². The Morgan fingerprint density at radius 3 is 2.67 bits per heavy atom. The highest BCUT2D eigenvalue weighted by Crippen LogP contribution is 2.25. The molecule has 2 N–H and O–H groups in total. The lowest BCUT2D eigenvalue weighted by atomic mass is 10.1. The topological polar surface area (TPSA) is 99.9 Å². The van der Waals surface area contributed by atoms with Crippen LogP contribution in [-0.4, -0.2) is 12.5 Å². The van der Waals surface area contributed by atoms with E-state index in [4.69, 9.17) is 21.0 Å². The van der Waals surface area contributed by atoms with Gasteiger partial charge in [0.1, 0.15) is 23.5 Å². The van der Waals surface area contributed by atoms with E-state index in [2.05, 4.69) is 15.9 Å². The minimum absolute atomic E-state index is 0.0583. The highest BCUT2D eigenvalue weighted by Gasteiger charge is 2.05. The van der Waals surface area contributed by atoms with Crippen LogP contribution in [-0.2, 0) is 4.79 Å². The normalized spacial score (nSPS) is 8.83. The number of primary amides is 1. The smallest absolute Gasteiger partial charge is 0.255 e. The number of nitrogens with two attached hydrogens (primary N) is 1. The van der Waals surface area contributed by atoms with Crippen molar-refractivity contribution in [2.75, 3.05) is 6.61 Å². The first kappa shape index (κ1) is 13.8. The minimum Gasteiger partial charge on any atom is -0.483 e. The zero-order chi connectivity index (χ0) is 13.5. The predicted molar refractivity (Wildman–Crippen MR) is 68.0 cm³/mol. The summed E-state index contributed by atoms with van der Waals surface area (Å²) in [5.74, 6) is -0.228. The molecule has 0 aliphatic heterocycles. The van der Waals surface area contributed by atoms with Crippen LogP contribution in [0.25, 0.3) is 6.08 Å². The fraction of sp³-hybridized carbons (Fsp3) is 0.0833. The third-order valence-corrected chi connectivity index (χ3v) is 2.38. The van der Waals surface area contributed by atoms with E-state index in [0.717, 1.165) is 4.47 Å². The van der Waals surface area contributed by atoms with Crippen LogP contribution in [0.2, 0.25) is 0 Å². The fourth-order valence-electron chi connectivity index (χ4n) is 1.16. The number of halogens is 1. The Labute approximate surface area is 112 Å². The summed E-state index contributed by atoms with van der Waals surface area (Å²) in [6.45, 7) is -0.267. The minimum atomic E-state index is -0.603. The largest absolute Gasteiger partial charge is 0.483 e. The van der Waals surface area contributed by atoms with Gasteiger partial charge in [0.15, 0.2) is 6.61 Å². The Balaban J connectivity index is 3.13. The van der Waals surface area contributed by atoms with Gasteiger partial charge in [-0.05, 0) is 24.3 Å². The molecule has 1 rings (SSSR count). The standard InChI is InChI=1S/C12H8BrN3O2/c13-10-1-2-11(18-7-12(16)17)9(4-10)3-8(5-14)6-15/h1-4H,7H2,(H2,16,17). The maximum absolute atomic E-state index is 10.7. The lowest BCUT2D eigenvalue weighted by Gasteiger charge is -2.07. The number of carbonyl (C=O) groups is 1. The number of hydrogen-bond acceptors (Lipinski definition) is 4. The lowest BCUT2D eigenvalue weighted by molar-refractivity contribution is -0.119. The second-order valence-corrected chi connectivity index (χ2v) is 4.13. The van der Waals surface area contributed by atoms with Crippen molar-refractivity contribution in [2.24, 2.45) is 5.73 Å². The number of carbonyl (C=O) groups excluding carboxylic acids is 1. The average Bonchev–Trinajstić information content (AvgIpc) is 2.34. The summed E-state index contributed by atoms with van der Waals surface area (Å²) in [7, 11) is 0. The third-order valence-electron chi connectivity index (χ3n) is 1.88. The van der Waals surface area contributed by atoms with E-state index in [0.29, 0.717) is 11.3 Å². The molecule has 1 aromatic carbocycles. The number of ether oxygens (including phenoxy) is 1. The highest BCUT2D eigenvalue weighted by molar-refractivity contribution is 9.10. The Bertz CT molecular complexity index is 566. The molecule has 0 saturated heterocycles. The second kappa shape index (κ2) is 6.43. The van der Waals surface area contributed by atoms with Crippen molar-refractivity contribution in [3.8, 4) is 17.9 Å². The van der Waals surface area contributed by atoms with Crippen molar-refractivity contribution in [2.45, 2.75) is 0 Å². The van der Waals surface area contributed by atoms with E-state index in [1.807, 2.05) is 0 Å². The molecule has 0 atom stereocenters. The molecule has 0 unspecified atom stereocenters. The Kier molecular flexibility index (Phi) is 4.91. The summed E-state index contributed by atoms with van der Waals surface area (Å²) in [6.07, 6.45) is 1.38. The predicted octanol–water partition coefficient (Wildman–Crippen LogP) is 1.74. The summed E-state index contributed by atoms with van der Waals surface area (Å²) in [5, 5.41) is 17.4. The number of amides is 1. The van der Waals surface area contributed by atoms with Gasteiger partial charge in [-0.1, -0.05) is 15.9 Å². The van der Waals surface area contributed by atoms with Crippen molar-refractivity contribution >= 4 is 27.9 Å². The maximum atomic E-state index is 10.7. The van der Waals surface area contributed by atoms with Crippen LogP contribution >= 0.6 is 15.9 Å². The molecular formula is C12H8BrN3O2. The van der Waals surface area contributed by atoms with E-state index >= 15 is 0 Å². The molecular weight excluding hydrogens is 298 g/mol. The number of rotatable bonds is 4. The molecule has 5 nitrogen and oxygen atoms in total. The first-order chi connectivity index (χ1) is 8.56. The average molecular weight is 306 g/mol. The van der Waals surface area contributed by atoms with Crippen LogP contribution in [0.15, 0.2) is 28.2 Å². The van der Waals surface area contributed by atoms with Gasteiger partial charge in [-0.15, -0.1) is 0 Å². The van der Waals surface area contributed by atoms with Gasteiger partial charge in [-0.2, -0.15) is 10.5 Å². The van der Waals surface area contributed by atoms with Gasteiger partial charge < -0.3 is 10.5 Å². The molecule has 6 heteroatoms. The molecule has 0 heterocycles. The molecule has 0 fully saturated rings. The number of nitriles is 2. The Hall–Kier alpha value is -2.31. The highest BCUT2D eigenvalue weighted by atomic mass is 79.9. The van der Waals surface area contributed by atoms with E-state index in [9.17, 15) is 4.79 Å². The summed E-state index contributed by atoms with van der Waals surface area (Å²) in [4.78, 5) is 10.7. The van der Waals surface area contributed by atoms with Crippen LogP contribution < -0.4 is 10.5 Å². The van der Waals surface area contributed by atoms with Gasteiger partial charge in [0.2, 0.25) is 0 Å². The van der Waals surface area contributed by atoms with E-state index in [-0.39, 0.29) is 12.2 Å². The van der Waals surface area contributed by atoms with Crippen molar-refractivity contribution < 1.29 is 9.53 Å². The van der Waals surface area contributed by atoms with Gasteiger partial charge >= 0.3 is 0 Å². The molecule has 0 radical (unpaired) electrons. The molecule has 0 bridgehead atoms. The molecule has 18 heavy (non-hydrogen) atoms. The maximum Gasteiger partial charge on any atom is 0.255 e. The van der Waals surface area contributed by atoms with Crippen LogP contribution in [0, 0.1) is 22.7 Å². The summed E-state index contributed by atoms with van der Waals surface area (Å²) >= 11 is 3.27. The Morgan fingerprint density at radius 2 is 2.11 bits per heavy atom. The monoisotopic (exact) mass is 305 g/mol. The summed E-state index contributed by atoms with van der Waals surface area (Å²) in [6, 6.07) is 8.50. The van der Waals surface area contributed by atoms with Crippen molar-refractivity contribution in [1.82, 2.24) is 0 Å².